The molecule has 5 aromatic rings. The van der Waals surface area contributed by atoms with E-state index in [4.69, 9.17) is 4.52 Å². The molecule has 7 heteroatoms. The molecule has 1 N–H and O–H groups in total. The zero-order valence-electron chi connectivity index (χ0n) is 12.3. The van der Waals surface area contributed by atoms with Crippen molar-refractivity contribution in [2.24, 2.45) is 0 Å². The summed E-state index contributed by atoms with van der Waals surface area (Å²) in [5, 5.41) is 13.2. The zero-order valence-corrected chi connectivity index (χ0v) is 12.3. The number of aromatic nitrogens is 6. The number of pyridine rings is 1. The molecule has 0 spiro atoms. The molecule has 0 fully saturated rings. The summed E-state index contributed by atoms with van der Waals surface area (Å²) in [6.45, 7) is 0. The fourth-order valence-corrected chi connectivity index (χ4v) is 2.74. The number of fused-ring (bicyclic) bond motifs is 2. The van der Waals surface area contributed by atoms with Crippen LogP contribution in [0, 0.1) is 0 Å². The quantitative estimate of drug-likeness (QED) is 0.537. The van der Waals surface area contributed by atoms with Crippen LogP contribution in [-0.2, 0) is 0 Å². The number of aromatic amines is 1. The van der Waals surface area contributed by atoms with Crippen molar-refractivity contribution < 1.29 is 4.52 Å². The minimum absolute atomic E-state index is 0.547. The highest BCUT2D eigenvalue weighted by molar-refractivity contribution is 5.94. The molecule has 0 saturated heterocycles. The van der Waals surface area contributed by atoms with Crippen LogP contribution in [0.4, 0.5) is 0 Å². The van der Waals surface area contributed by atoms with Gasteiger partial charge in [0.2, 0.25) is 0 Å². The lowest BCUT2D eigenvalue weighted by atomic mass is 10.1. The Bertz CT molecular complexity index is 1160. The third kappa shape index (κ3) is 1.88. The van der Waals surface area contributed by atoms with Gasteiger partial charge in [0, 0.05) is 17.6 Å². The van der Waals surface area contributed by atoms with Crippen LogP contribution in [-0.4, -0.2) is 30.3 Å². The lowest BCUT2D eigenvalue weighted by molar-refractivity contribution is 0.422. The molecule has 0 unspecified atom stereocenters. The van der Waals surface area contributed by atoms with Crippen molar-refractivity contribution in [1.82, 2.24) is 30.3 Å². The van der Waals surface area contributed by atoms with Gasteiger partial charge in [-0.15, -0.1) is 0 Å². The monoisotopic (exact) mass is 314 g/mol. The van der Waals surface area contributed by atoms with Gasteiger partial charge in [0.15, 0.2) is 5.82 Å². The Labute approximate surface area is 135 Å². The second-order valence-electron chi connectivity index (χ2n) is 5.29. The molecule has 1 aromatic carbocycles. The Hall–Kier alpha value is -3.61. The SMILES string of the molecule is c1ccc2c(-c3ncc4[nH]nc(-c5ccon5)c4n3)nccc2c1. The summed E-state index contributed by atoms with van der Waals surface area (Å²) in [7, 11) is 0. The predicted molar refractivity (Wildman–Crippen MR) is 87.9 cm³/mol. The van der Waals surface area contributed by atoms with Crippen molar-refractivity contribution in [2.45, 2.75) is 0 Å². The molecule has 0 aliphatic heterocycles. The van der Waals surface area contributed by atoms with Gasteiger partial charge in [-0.05, 0) is 11.5 Å². The average molecular weight is 314 g/mol. The average Bonchev–Trinajstić information content (AvgIpc) is 3.30. The van der Waals surface area contributed by atoms with E-state index in [1.807, 2.05) is 30.3 Å². The second kappa shape index (κ2) is 4.95. The predicted octanol–water partition coefficient (Wildman–Crippen LogP) is 3.22. The number of rotatable bonds is 2. The highest BCUT2D eigenvalue weighted by Crippen LogP contribution is 2.27. The van der Waals surface area contributed by atoms with E-state index in [0.29, 0.717) is 22.7 Å². The van der Waals surface area contributed by atoms with Gasteiger partial charge in [0.05, 0.1) is 6.20 Å². The van der Waals surface area contributed by atoms with Crippen molar-refractivity contribution >= 4 is 21.8 Å². The molecule has 0 bridgehead atoms. The van der Waals surface area contributed by atoms with Gasteiger partial charge in [-0.2, -0.15) is 5.10 Å². The summed E-state index contributed by atoms with van der Waals surface area (Å²) in [5.41, 5.74) is 3.40. The molecule has 0 aliphatic carbocycles. The third-order valence-electron chi connectivity index (χ3n) is 3.87. The highest BCUT2D eigenvalue weighted by Gasteiger charge is 2.15. The lowest BCUT2D eigenvalue weighted by Crippen LogP contribution is -1.93. The third-order valence-corrected chi connectivity index (χ3v) is 3.87. The molecular weight excluding hydrogens is 304 g/mol. The number of nitrogens with one attached hydrogen (secondary N) is 1. The number of nitrogens with zero attached hydrogens (tertiary/aromatic N) is 5. The standard InChI is InChI=1S/C17H10N6O/c1-2-4-11-10(3-1)5-7-18-14(11)17-19-9-13-15(20-17)16(22-21-13)12-6-8-24-23-12/h1-9H,(H,21,22). The molecule has 4 aromatic heterocycles. The molecule has 5 rings (SSSR count). The van der Waals surface area contributed by atoms with Gasteiger partial charge >= 0.3 is 0 Å². The first kappa shape index (κ1) is 12.9. The summed E-state index contributed by atoms with van der Waals surface area (Å²) in [6.07, 6.45) is 4.97. The molecule has 7 nitrogen and oxygen atoms in total. The number of hydrogen-bond acceptors (Lipinski definition) is 6. The minimum atomic E-state index is 0.547. The van der Waals surface area contributed by atoms with Crippen molar-refractivity contribution in [3.63, 3.8) is 0 Å². The van der Waals surface area contributed by atoms with Gasteiger partial charge in [-0.25, -0.2) is 9.97 Å². The highest BCUT2D eigenvalue weighted by atomic mass is 16.5. The Balaban J connectivity index is 1.77. The zero-order chi connectivity index (χ0) is 15.9. The van der Waals surface area contributed by atoms with Crippen LogP contribution in [0.5, 0.6) is 0 Å². The van der Waals surface area contributed by atoms with Gasteiger partial charge in [-0.1, -0.05) is 29.4 Å². The Morgan fingerprint density at radius 1 is 0.958 bits per heavy atom. The lowest BCUT2D eigenvalue weighted by Gasteiger charge is -2.04. The molecule has 114 valence electrons. The van der Waals surface area contributed by atoms with Crippen LogP contribution >= 0.6 is 0 Å². The Morgan fingerprint density at radius 2 is 1.92 bits per heavy atom. The van der Waals surface area contributed by atoms with Crippen molar-refractivity contribution in [2.75, 3.05) is 0 Å². The van der Waals surface area contributed by atoms with Crippen LogP contribution in [0.2, 0.25) is 0 Å². The van der Waals surface area contributed by atoms with E-state index in [2.05, 4.69) is 30.3 Å². The van der Waals surface area contributed by atoms with Crippen molar-refractivity contribution in [1.29, 1.82) is 0 Å². The maximum Gasteiger partial charge on any atom is 0.179 e. The maximum absolute atomic E-state index is 4.90. The summed E-state index contributed by atoms with van der Waals surface area (Å²) in [4.78, 5) is 13.6. The van der Waals surface area contributed by atoms with E-state index >= 15 is 0 Å². The molecule has 0 radical (unpaired) electrons. The maximum atomic E-state index is 4.90. The van der Waals surface area contributed by atoms with E-state index in [-0.39, 0.29) is 0 Å². The largest absolute Gasteiger partial charge is 0.364 e. The van der Waals surface area contributed by atoms with E-state index in [9.17, 15) is 0 Å². The topological polar surface area (TPSA) is 93.4 Å². The first-order chi connectivity index (χ1) is 11.9. The van der Waals surface area contributed by atoms with Crippen LogP contribution in [0.25, 0.3) is 44.7 Å². The molecular formula is C17H10N6O. The number of benzene rings is 1. The first-order valence-corrected chi connectivity index (χ1v) is 7.36. The van der Waals surface area contributed by atoms with Crippen molar-refractivity contribution in [3.05, 3.63) is 55.1 Å². The molecule has 0 amide bonds. The molecule has 0 aliphatic rings. The summed E-state index contributed by atoms with van der Waals surface area (Å²) < 4.78 is 4.90. The summed E-state index contributed by atoms with van der Waals surface area (Å²) in [6, 6.07) is 11.7. The fraction of sp³-hybridized carbons (Fsp3) is 0. The van der Waals surface area contributed by atoms with Gasteiger partial charge in [-0.3, -0.25) is 10.1 Å². The van der Waals surface area contributed by atoms with Gasteiger partial charge in [0.25, 0.3) is 0 Å². The van der Waals surface area contributed by atoms with E-state index < -0.39 is 0 Å². The van der Waals surface area contributed by atoms with Gasteiger partial charge in [0.1, 0.15) is 34.4 Å². The van der Waals surface area contributed by atoms with Gasteiger partial charge < -0.3 is 4.52 Å². The van der Waals surface area contributed by atoms with E-state index in [1.165, 1.54) is 6.26 Å². The first-order valence-electron chi connectivity index (χ1n) is 7.36. The van der Waals surface area contributed by atoms with E-state index in [0.717, 1.165) is 22.0 Å². The van der Waals surface area contributed by atoms with E-state index in [1.54, 1.807) is 18.5 Å². The molecule has 0 atom stereocenters. The second-order valence-corrected chi connectivity index (χ2v) is 5.29. The van der Waals surface area contributed by atoms with Crippen LogP contribution in [0.15, 0.2) is 59.6 Å². The van der Waals surface area contributed by atoms with Crippen LogP contribution in [0.1, 0.15) is 0 Å². The van der Waals surface area contributed by atoms with Crippen LogP contribution in [0.3, 0.4) is 0 Å². The summed E-state index contributed by atoms with van der Waals surface area (Å²) >= 11 is 0. The minimum Gasteiger partial charge on any atom is -0.364 e. The Kier molecular flexibility index (Phi) is 2.66. The normalized spacial score (nSPS) is 11.3. The smallest absolute Gasteiger partial charge is 0.179 e. The summed E-state index contributed by atoms with van der Waals surface area (Å²) in [5.74, 6) is 0.547. The molecule has 0 saturated carbocycles. The number of hydrogen-bond donors (Lipinski definition) is 1. The Morgan fingerprint density at radius 3 is 2.83 bits per heavy atom. The fourth-order valence-electron chi connectivity index (χ4n) is 2.74. The molecule has 24 heavy (non-hydrogen) atoms. The van der Waals surface area contributed by atoms with Crippen LogP contribution < -0.4 is 0 Å². The number of H-pyrrole nitrogens is 1. The van der Waals surface area contributed by atoms with Crippen molar-refractivity contribution in [3.8, 4) is 22.9 Å². The molecule has 4 heterocycles.